The first kappa shape index (κ1) is 13.5. The fourth-order valence-electron chi connectivity index (χ4n) is 1.85. The number of aryl methyl sites for hydroxylation is 2. The molecule has 2 rings (SSSR count). The predicted molar refractivity (Wildman–Crippen MR) is 76.7 cm³/mol. The minimum atomic E-state index is -0.416. The Labute approximate surface area is 115 Å². The van der Waals surface area contributed by atoms with Crippen molar-refractivity contribution in [2.45, 2.75) is 26.8 Å². The highest BCUT2D eigenvalue weighted by Crippen LogP contribution is 2.21. The lowest BCUT2D eigenvalue weighted by atomic mass is 10.2. The molecule has 0 aliphatic heterocycles. The van der Waals surface area contributed by atoms with Crippen LogP contribution in [0.4, 0.5) is 11.5 Å². The van der Waals surface area contributed by atoms with Crippen molar-refractivity contribution in [1.29, 1.82) is 0 Å². The molecule has 0 amide bonds. The van der Waals surface area contributed by atoms with Crippen LogP contribution in [0.5, 0.6) is 0 Å². The molecule has 0 saturated heterocycles. The fraction of sp³-hybridized carbons (Fsp3) is 0.308. The second-order valence-corrected chi connectivity index (χ2v) is 5.13. The van der Waals surface area contributed by atoms with Crippen LogP contribution in [-0.2, 0) is 13.0 Å². The van der Waals surface area contributed by atoms with E-state index in [1.54, 1.807) is 24.3 Å². The second kappa shape index (κ2) is 5.79. The monoisotopic (exact) mass is 277 g/mol. The van der Waals surface area contributed by atoms with Crippen molar-refractivity contribution in [2.24, 2.45) is 0 Å². The molecule has 0 saturated carbocycles. The van der Waals surface area contributed by atoms with Crippen LogP contribution in [0.1, 0.15) is 23.1 Å². The number of hydrogen-bond donors (Lipinski definition) is 1. The van der Waals surface area contributed by atoms with E-state index in [-0.39, 0.29) is 5.69 Å². The number of nitrogens with zero attached hydrogens (tertiary/aromatic N) is 2. The Morgan fingerprint density at radius 1 is 1.42 bits per heavy atom. The zero-order valence-corrected chi connectivity index (χ0v) is 11.7. The van der Waals surface area contributed by atoms with Crippen LogP contribution in [0.15, 0.2) is 23.6 Å². The van der Waals surface area contributed by atoms with Crippen LogP contribution in [0, 0.1) is 17.0 Å². The molecule has 2 heterocycles. The number of rotatable bonds is 5. The minimum Gasteiger partial charge on any atom is -0.365 e. The van der Waals surface area contributed by atoms with Gasteiger partial charge in [-0.1, -0.05) is 6.92 Å². The van der Waals surface area contributed by atoms with E-state index in [9.17, 15) is 10.1 Å². The third-order valence-corrected chi connectivity index (χ3v) is 3.87. The molecule has 0 aliphatic carbocycles. The molecule has 1 N–H and O–H groups in total. The van der Waals surface area contributed by atoms with Crippen LogP contribution in [0.25, 0.3) is 0 Å². The SMILES string of the molecule is CCc1ccsc1CNc1ccc([N+](=O)[O-])c(C)n1. The molecule has 2 aromatic rings. The quantitative estimate of drug-likeness (QED) is 0.670. The van der Waals surface area contributed by atoms with Crippen molar-refractivity contribution in [3.05, 3.63) is 49.8 Å². The zero-order valence-electron chi connectivity index (χ0n) is 10.8. The Kier molecular flexibility index (Phi) is 4.11. The molecular formula is C13H15N3O2S. The van der Waals surface area contributed by atoms with Crippen molar-refractivity contribution in [2.75, 3.05) is 5.32 Å². The smallest absolute Gasteiger partial charge is 0.290 e. The molecule has 2 aromatic heterocycles. The summed E-state index contributed by atoms with van der Waals surface area (Å²) in [6, 6.07) is 5.25. The standard InChI is InChI=1S/C13H15N3O2S/c1-3-10-6-7-19-12(10)8-14-13-5-4-11(16(17)18)9(2)15-13/h4-7H,3,8H2,1-2H3,(H,14,15). The van der Waals surface area contributed by atoms with Gasteiger partial charge in [-0.3, -0.25) is 10.1 Å². The van der Waals surface area contributed by atoms with E-state index in [2.05, 4.69) is 28.7 Å². The van der Waals surface area contributed by atoms with E-state index in [0.29, 0.717) is 18.1 Å². The molecule has 0 atom stereocenters. The van der Waals surface area contributed by atoms with E-state index < -0.39 is 4.92 Å². The van der Waals surface area contributed by atoms with Crippen molar-refractivity contribution in [3.63, 3.8) is 0 Å². The lowest BCUT2D eigenvalue weighted by Crippen LogP contribution is -2.03. The van der Waals surface area contributed by atoms with Crippen molar-refractivity contribution in [3.8, 4) is 0 Å². The van der Waals surface area contributed by atoms with E-state index in [1.165, 1.54) is 16.5 Å². The lowest BCUT2D eigenvalue weighted by Gasteiger charge is -2.06. The van der Waals surface area contributed by atoms with Gasteiger partial charge in [0, 0.05) is 10.9 Å². The molecule has 19 heavy (non-hydrogen) atoms. The number of thiophene rings is 1. The van der Waals surface area contributed by atoms with Gasteiger partial charge in [-0.2, -0.15) is 0 Å². The molecular weight excluding hydrogens is 262 g/mol. The van der Waals surface area contributed by atoms with Crippen molar-refractivity contribution in [1.82, 2.24) is 4.98 Å². The Hall–Kier alpha value is -1.95. The molecule has 0 aliphatic rings. The third-order valence-electron chi connectivity index (χ3n) is 2.90. The largest absolute Gasteiger partial charge is 0.365 e. The lowest BCUT2D eigenvalue weighted by molar-refractivity contribution is -0.385. The first-order chi connectivity index (χ1) is 9.11. The number of hydrogen-bond acceptors (Lipinski definition) is 5. The number of nitro groups is 1. The predicted octanol–water partition coefficient (Wildman–Crippen LogP) is 3.53. The Morgan fingerprint density at radius 2 is 2.21 bits per heavy atom. The summed E-state index contributed by atoms with van der Waals surface area (Å²) < 4.78 is 0. The first-order valence-corrected chi connectivity index (χ1v) is 6.91. The molecule has 0 spiro atoms. The highest BCUT2D eigenvalue weighted by molar-refractivity contribution is 7.10. The van der Waals surface area contributed by atoms with Gasteiger partial charge in [-0.05, 0) is 36.4 Å². The number of pyridine rings is 1. The van der Waals surface area contributed by atoms with Gasteiger partial charge in [0.25, 0.3) is 5.69 Å². The highest BCUT2D eigenvalue weighted by Gasteiger charge is 2.11. The summed E-state index contributed by atoms with van der Waals surface area (Å²) >= 11 is 1.71. The summed E-state index contributed by atoms with van der Waals surface area (Å²) in [6.45, 7) is 4.47. The maximum atomic E-state index is 10.7. The van der Waals surface area contributed by atoms with Crippen LogP contribution < -0.4 is 5.32 Å². The van der Waals surface area contributed by atoms with Crippen molar-refractivity contribution >= 4 is 22.8 Å². The summed E-state index contributed by atoms with van der Waals surface area (Å²) in [5, 5.41) is 16.0. The Bertz CT molecular complexity index is 595. The van der Waals surface area contributed by atoms with Gasteiger partial charge in [0.05, 0.1) is 11.5 Å². The van der Waals surface area contributed by atoms with Gasteiger partial charge in [0.1, 0.15) is 11.5 Å². The fourth-order valence-corrected chi connectivity index (χ4v) is 2.77. The maximum absolute atomic E-state index is 10.7. The van der Waals surface area contributed by atoms with Crippen LogP contribution in [-0.4, -0.2) is 9.91 Å². The van der Waals surface area contributed by atoms with E-state index in [1.807, 2.05) is 0 Å². The van der Waals surface area contributed by atoms with Crippen LogP contribution >= 0.6 is 11.3 Å². The molecule has 100 valence electrons. The molecule has 0 fully saturated rings. The zero-order chi connectivity index (χ0) is 13.8. The van der Waals surface area contributed by atoms with Gasteiger partial charge < -0.3 is 5.32 Å². The molecule has 0 unspecified atom stereocenters. The molecule has 6 heteroatoms. The number of aromatic nitrogens is 1. The first-order valence-electron chi connectivity index (χ1n) is 6.03. The molecule has 5 nitrogen and oxygen atoms in total. The van der Waals surface area contributed by atoms with E-state index in [4.69, 9.17) is 0 Å². The summed E-state index contributed by atoms with van der Waals surface area (Å²) in [5.41, 5.74) is 1.81. The normalized spacial score (nSPS) is 10.4. The molecule has 0 aromatic carbocycles. The second-order valence-electron chi connectivity index (χ2n) is 4.13. The summed E-state index contributed by atoms with van der Waals surface area (Å²) in [4.78, 5) is 15.8. The summed E-state index contributed by atoms with van der Waals surface area (Å²) in [5.74, 6) is 0.665. The molecule has 0 bridgehead atoms. The minimum absolute atomic E-state index is 0.0518. The van der Waals surface area contributed by atoms with Gasteiger partial charge >= 0.3 is 0 Å². The highest BCUT2D eigenvalue weighted by atomic mass is 32.1. The average Bonchev–Trinajstić information content (AvgIpc) is 2.83. The topological polar surface area (TPSA) is 68.1 Å². The van der Waals surface area contributed by atoms with Crippen LogP contribution in [0.2, 0.25) is 0 Å². The summed E-state index contributed by atoms with van der Waals surface area (Å²) in [6.07, 6.45) is 1.01. The maximum Gasteiger partial charge on any atom is 0.290 e. The third kappa shape index (κ3) is 3.08. The summed E-state index contributed by atoms with van der Waals surface area (Å²) in [7, 11) is 0. The Morgan fingerprint density at radius 3 is 2.84 bits per heavy atom. The van der Waals surface area contributed by atoms with E-state index >= 15 is 0 Å². The van der Waals surface area contributed by atoms with Gasteiger partial charge in [-0.25, -0.2) is 4.98 Å². The van der Waals surface area contributed by atoms with Gasteiger partial charge in [-0.15, -0.1) is 11.3 Å². The van der Waals surface area contributed by atoms with Gasteiger partial charge in [0.2, 0.25) is 0 Å². The van der Waals surface area contributed by atoms with Crippen LogP contribution in [0.3, 0.4) is 0 Å². The number of nitrogens with one attached hydrogen (secondary N) is 1. The average molecular weight is 277 g/mol. The Balaban J connectivity index is 2.08. The number of anilines is 1. The van der Waals surface area contributed by atoms with Gasteiger partial charge in [0.15, 0.2) is 0 Å². The van der Waals surface area contributed by atoms with E-state index in [0.717, 1.165) is 6.42 Å². The molecule has 0 radical (unpaired) electrons. The van der Waals surface area contributed by atoms with Crippen molar-refractivity contribution < 1.29 is 4.92 Å².